The quantitative estimate of drug-likeness (QED) is 0.434. The molecule has 2 heterocycles. The van der Waals surface area contributed by atoms with E-state index in [1.54, 1.807) is 31.4 Å². The van der Waals surface area contributed by atoms with Crippen molar-refractivity contribution >= 4 is 39.8 Å². The summed E-state index contributed by atoms with van der Waals surface area (Å²) < 4.78 is 21.1. The molecule has 1 saturated heterocycles. The number of thiophene rings is 1. The molecule has 180 valence electrons. The highest BCUT2D eigenvalue weighted by Crippen LogP contribution is 2.25. The fraction of sp³-hybridized carbons (Fsp3) is 0.320. The van der Waals surface area contributed by atoms with Crippen LogP contribution in [0.4, 0.5) is 0 Å². The van der Waals surface area contributed by atoms with Gasteiger partial charge in [0.25, 0.3) is 5.91 Å². The molecule has 0 aliphatic carbocycles. The molecule has 0 saturated carbocycles. The van der Waals surface area contributed by atoms with Gasteiger partial charge in [0.1, 0.15) is 20.9 Å². The van der Waals surface area contributed by atoms with E-state index in [0.29, 0.717) is 23.9 Å². The van der Waals surface area contributed by atoms with Crippen molar-refractivity contribution in [1.29, 1.82) is 0 Å². The topological polar surface area (TPSA) is 70.7 Å². The van der Waals surface area contributed by atoms with E-state index in [0.717, 1.165) is 46.6 Å². The summed E-state index contributed by atoms with van der Waals surface area (Å²) in [6.07, 6.45) is 1.91. The van der Waals surface area contributed by atoms with Crippen LogP contribution in [0.5, 0.6) is 5.75 Å². The van der Waals surface area contributed by atoms with Crippen LogP contribution in [-0.2, 0) is 24.1 Å². The smallest absolute Gasteiger partial charge is 0.251 e. The first-order valence-electron chi connectivity index (χ1n) is 11.2. The zero-order valence-corrected chi connectivity index (χ0v) is 21.3. The molecule has 4 rings (SSSR count). The van der Waals surface area contributed by atoms with Crippen molar-refractivity contribution in [2.24, 2.45) is 0 Å². The zero-order valence-electron chi connectivity index (χ0n) is 19.0. The molecule has 9 heteroatoms. The number of hydrogen-bond acceptors (Lipinski definition) is 5. The van der Waals surface area contributed by atoms with Crippen molar-refractivity contribution in [3.05, 3.63) is 81.7 Å². The predicted octanol–water partition coefficient (Wildman–Crippen LogP) is 4.62. The Morgan fingerprint density at radius 1 is 1.12 bits per heavy atom. The van der Waals surface area contributed by atoms with Crippen molar-refractivity contribution in [1.82, 2.24) is 14.9 Å². The lowest BCUT2D eigenvalue weighted by Crippen LogP contribution is -2.42. The number of amides is 1. The number of rotatable bonds is 9. The monoisotopic (exact) mass is 517 g/mol. The van der Waals surface area contributed by atoms with Gasteiger partial charge in [0.15, 0.2) is 0 Å². The molecule has 0 spiro atoms. The van der Waals surface area contributed by atoms with E-state index < -0.39 is 11.0 Å². The Morgan fingerprint density at radius 2 is 1.88 bits per heavy atom. The summed E-state index contributed by atoms with van der Waals surface area (Å²) in [4.78, 5) is 13.4. The molecule has 6 nitrogen and oxygen atoms in total. The Morgan fingerprint density at radius 3 is 2.62 bits per heavy atom. The van der Waals surface area contributed by atoms with Crippen molar-refractivity contribution < 1.29 is 13.7 Å². The maximum absolute atomic E-state index is 13.1. The lowest BCUT2D eigenvalue weighted by molar-refractivity contribution is 0.0951. The van der Waals surface area contributed by atoms with Gasteiger partial charge in [0.05, 0.1) is 13.7 Å². The van der Waals surface area contributed by atoms with E-state index in [-0.39, 0.29) is 5.91 Å². The minimum atomic E-state index is -1.18. The molecule has 1 aliphatic rings. The van der Waals surface area contributed by atoms with Crippen LogP contribution in [0.2, 0.25) is 5.02 Å². The number of ether oxygens (including phenoxy) is 1. The van der Waals surface area contributed by atoms with Crippen LogP contribution in [-0.4, -0.2) is 40.7 Å². The normalized spacial score (nSPS) is 15.7. The van der Waals surface area contributed by atoms with Crippen molar-refractivity contribution in [2.75, 3.05) is 20.2 Å². The zero-order chi connectivity index (χ0) is 23.9. The Labute approximate surface area is 211 Å². The second-order valence-corrected chi connectivity index (χ2v) is 11.4. The molecule has 1 aromatic heterocycles. The first kappa shape index (κ1) is 24.9. The number of carbonyl (C=O) groups excluding carboxylic acids is 1. The summed E-state index contributed by atoms with van der Waals surface area (Å²) >= 11 is 7.43. The lowest BCUT2D eigenvalue weighted by atomic mass is 10.1. The van der Waals surface area contributed by atoms with Gasteiger partial charge >= 0.3 is 0 Å². The van der Waals surface area contributed by atoms with Crippen LogP contribution in [0.1, 0.15) is 33.6 Å². The largest absolute Gasteiger partial charge is 0.497 e. The molecule has 1 amide bonds. The Hall–Kier alpha value is -2.23. The van der Waals surface area contributed by atoms with Gasteiger partial charge in [-0.2, -0.15) is 0 Å². The fourth-order valence-electron chi connectivity index (χ4n) is 3.80. The van der Waals surface area contributed by atoms with Gasteiger partial charge in [-0.05, 0) is 60.9 Å². The average Bonchev–Trinajstić information content (AvgIpc) is 3.36. The molecule has 2 N–H and O–H groups in total. The van der Waals surface area contributed by atoms with Crippen LogP contribution in [0.3, 0.4) is 0 Å². The van der Waals surface area contributed by atoms with Gasteiger partial charge in [-0.15, -0.1) is 11.3 Å². The maximum Gasteiger partial charge on any atom is 0.251 e. The van der Waals surface area contributed by atoms with E-state index in [4.69, 9.17) is 16.3 Å². The second-order valence-electron chi connectivity index (χ2n) is 8.10. The van der Waals surface area contributed by atoms with Gasteiger partial charge in [-0.3, -0.25) is 4.79 Å². The van der Waals surface area contributed by atoms with Crippen molar-refractivity contribution in [2.45, 2.75) is 36.2 Å². The number of carbonyl (C=O) groups is 1. The molecule has 0 radical (unpaired) electrons. The van der Waals surface area contributed by atoms with E-state index in [1.807, 2.05) is 40.7 Å². The van der Waals surface area contributed by atoms with Crippen LogP contribution in [0, 0.1) is 0 Å². The summed E-state index contributed by atoms with van der Waals surface area (Å²) in [6.45, 7) is 2.77. The molecule has 1 unspecified atom stereocenters. The van der Waals surface area contributed by atoms with Gasteiger partial charge in [-0.1, -0.05) is 29.8 Å². The third kappa shape index (κ3) is 6.67. The highest BCUT2D eigenvalue weighted by molar-refractivity contribution is 7.85. The average molecular weight is 518 g/mol. The highest BCUT2D eigenvalue weighted by atomic mass is 35.5. The highest BCUT2D eigenvalue weighted by Gasteiger charge is 2.24. The Bertz CT molecular complexity index is 1130. The molecule has 1 fully saturated rings. The summed E-state index contributed by atoms with van der Waals surface area (Å²) in [5.74, 6) is 0.480. The third-order valence-corrected chi connectivity index (χ3v) is 8.88. The van der Waals surface area contributed by atoms with Crippen molar-refractivity contribution in [3.63, 3.8) is 0 Å². The molecule has 2 aromatic carbocycles. The number of nitrogens with zero attached hydrogens (tertiary/aromatic N) is 1. The van der Waals surface area contributed by atoms with Crippen LogP contribution in [0.25, 0.3) is 0 Å². The first-order valence-corrected chi connectivity index (χ1v) is 13.5. The van der Waals surface area contributed by atoms with Gasteiger partial charge in [-0.25, -0.2) is 8.51 Å². The predicted molar refractivity (Wildman–Crippen MR) is 138 cm³/mol. The molecule has 1 aliphatic heterocycles. The van der Waals surface area contributed by atoms with Crippen LogP contribution >= 0.6 is 22.9 Å². The lowest BCUT2D eigenvalue weighted by Gasteiger charge is -2.31. The standard InChI is InChI=1S/C25H28ClN3O3S2/c1-32-22-4-2-3-19(15-22)25(30)28-17-23-9-10-24(33-23)34(31)29-13-11-21(12-14-29)27-16-18-5-7-20(26)8-6-18/h2-10,15,21,27H,11-14,16-17H2,1H3,(H,28,30). The van der Waals surface area contributed by atoms with E-state index in [9.17, 15) is 9.00 Å². The summed E-state index contributed by atoms with van der Waals surface area (Å²) in [5, 5.41) is 7.26. The summed E-state index contributed by atoms with van der Waals surface area (Å²) in [7, 11) is 0.393. The van der Waals surface area contributed by atoms with E-state index >= 15 is 0 Å². The fourth-order valence-corrected chi connectivity index (χ4v) is 6.50. The Kier molecular flexibility index (Phi) is 8.74. The minimum Gasteiger partial charge on any atom is -0.497 e. The van der Waals surface area contributed by atoms with Crippen LogP contribution < -0.4 is 15.4 Å². The molecule has 1 atom stereocenters. The second kappa shape index (κ2) is 12.0. The maximum atomic E-state index is 13.1. The van der Waals surface area contributed by atoms with Gasteiger partial charge in [0.2, 0.25) is 0 Å². The van der Waals surface area contributed by atoms with E-state index in [2.05, 4.69) is 10.6 Å². The SMILES string of the molecule is COc1cccc(C(=O)NCc2ccc(S(=O)N3CCC(NCc4ccc(Cl)cc4)CC3)s2)c1. The summed E-state index contributed by atoms with van der Waals surface area (Å²) in [5.41, 5.74) is 1.76. The number of halogens is 1. The molecular weight excluding hydrogens is 490 g/mol. The van der Waals surface area contributed by atoms with Gasteiger partial charge in [0, 0.05) is 41.1 Å². The minimum absolute atomic E-state index is 0.164. The number of nitrogens with one attached hydrogen (secondary N) is 2. The summed E-state index contributed by atoms with van der Waals surface area (Å²) in [6, 6.07) is 19.2. The van der Waals surface area contributed by atoms with E-state index in [1.165, 1.54) is 16.9 Å². The third-order valence-electron chi connectivity index (χ3n) is 5.76. The van der Waals surface area contributed by atoms with Gasteiger partial charge < -0.3 is 15.4 Å². The number of methoxy groups -OCH3 is 1. The number of benzene rings is 2. The van der Waals surface area contributed by atoms with Crippen molar-refractivity contribution in [3.8, 4) is 5.75 Å². The molecule has 3 aromatic rings. The molecule has 34 heavy (non-hydrogen) atoms. The first-order chi connectivity index (χ1) is 16.5. The number of piperidine rings is 1. The molecule has 0 bridgehead atoms. The van der Waals surface area contributed by atoms with Crippen LogP contribution in [0.15, 0.2) is 64.9 Å². The molecular formula is C25H28ClN3O3S2. The number of hydrogen-bond donors (Lipinski definition) is 2. The Balaban J connectivity index is 1.23.